The molecular formula is C26H31N3O6. The van der Waals surface area contributed by atoms with Gasteiger partial charge in [0.2, 0.25) is 5.91 Å². The Bertz CT molecular complexity index is 1150. The van der Waals surface area contributed by atoms with Gasteiger partial charge in [-0.25, -0.2) is 9.59 Å². The van der Waals surface area contributed by atoms with Crippen LogP contribution in [0.2, 0.25) is 0 Å². The number of aliphatic hydroxyl groups is 1. The van der Waals surface area contributed by atoms with Crippen molar-refractivity contribution in [2.45, 2.75) is 51.5 Å². The Morgan fingerprint density at radius 3 is 2.34 bits per heavy atom. The zero-order valence-corrected chi connectivity index (χ0v) is 20.0. The van der Waals surface area contributed by atoms with Crippen molar-refractivity contribution in [1.29, 1.82) is 0 Å². The van der Waals surface area contributed by atoms with Crippen LogP contribution >= 0.6 is 0 Å². The molecule has 0 saturated carbocycles. The highest BCUT2D eigenvalue weighted by molar-refractivity contribution is 5.90. The van der Waals surface area contributed by atoms with E-state index in [0.29, 0.717) is 0 Å². The molecule has 9 heteroatoms. The summed E-state index contributed by atoms with van der Waals surface area (Å²) in [6.07, 6.45) is 1.07. The molecule has 1 aromatic heterocycles. The maximum atomic E-state index is 13.0. The Labute approximate surface area is 203 Å². The summed E-state index contributed by atoms with van der Waals surface area (Å²) in [4.78, 5) is 41.2. The number of amides is 2. The van der Waals surface area contributed by atoms with Gasteiger partial charge in [0.15, 0.2) is 0 Å². The maximum Gasteiger partial charge on any atom is 0.408 e. The molecule has 3 aromatic rings. The summed E-state index contributed by atoms with van der Waals surface area (Å²) in [6.45, 7) is 4.41. The number of benzene rings is 2. The first-order chi connectivity index (χ1) is 16.7. The normalized spacial score (nSPS) is 13.0. The third-order valence-electron chi connectivity index (χ3n) is 5.11. The second-order valence-corrected chi connectivity index (χ2v) is 9.10. The second-order valence-electron chi connectivity index (χ2n) is 9.10. The lowest BCUT2D eigenvalue weighted by atomic mass is 10.0. The summed E-state index contributed by atoms with van der Waals surface area (Å²) in [5, 5.41) is 15.6. The number of carbonyl (C=O) groups is 3. The molecule has 1 heterocycles. The molecule has 35 heavy (non-hydrogen) atoms. The van der Waals surface area contributed by atoms with Gasteiger partial charge in [0.25, 0.3) is 0 Å². The van der Waals surface area contributed by atoms with Gasteiger partial charge in [0, 0.05) is 23.5 Å². The van der Waals surface area contributed by atoms with Gasteiger partial charge in [-0.15, -0.1) is 0 Å². The molecule has 186 valence electrons. The van der Waals surface area contributed by atoms with E-state index in [9.17, 15) is 19.5 Å². The van der Waals surface area contributed by atoms with Crippen LogP contribution in [0.3, 0.4) is 0 Å². The number of ether oxygens (including phenoxy) is 2. The molecule has 0 spiro atoms. The van der Waals surface area contributed by atoms with Crippen LogP contribution in [0.1, 0.15) is 31.9 Å². The van der Waals surface area contributed by atoms with Crippen molar-refractivity contribution in [2.24, 2.45) is 0 Å². The molecule has 2 atom stereocenters. The first-order valence-electron chi connectivity index (χ1n) is 11.3. The fraction of sp³-hybridized carbons (Fsp3) is 0.346. The number of esters is 1. The number of hydrogen-bond acceptors (Lipinski definition) is 6. The van der Waals surface area contributed by atoms with Gasteiger partial charge in [-0.05, 0) is 38.0 Å². The summed E-state index contributed by atoms with van der Waals surface area (Å²) < 4.78 is 10.6. The van der Waals surface area contributed by atoms with Crippen molar-refractivity contribution < 1.29 is 29.0 Å². The van der Waals surface area contributed by atoms with Crippen LogP contribution < -0.4 is 10.6 Å². The lowest BCUT2D eigenvalue weighted by molar-refractivity contribution is -0.149. The number of hydrogen-bond donors (Lipinski definition) is 4. The van der Waals surface area contributed by atoms with E-state index in [2.05, 4.69) is 15.6 Å². The summed E-state index contributed by atoms with van der Waals surface area (Å²) in [5.74, 6) is -1.37. The smallest absolute Gasteiger partial charge is 0.408 e. The highest BCUT2D eigenvalue weighted by Gasteiger charge is 2.29. The van der Waals surface area contributed by atoms with Gasteiger partial charge >= 0.3 is 12.1 Å². The van der Waals surface area contributed by atoms with E-state index >= 15 is 0 Å². The van der Waals surface area contributed by atoms with Crippen LogP contribution in [0.25, 0.3) is 10.9 Å². The number of rotatable bonds is 9. The third kappa shape index (κ3) is 7.58. The Kier molecular flexibility index (Phi) is 8.48. The predicted molar refractivity (Wildman–Crippen MR) is 130 cm³/mol. The minimum Gasteiger partial charge on any atom is -0.459 e. The third-order valence-corrected chi connectivity index (χ3v) is 5.11. The molecule has 0 radical (unpaired) electrons. The van der Waals surface area contributed by atoms with Gasteiger partial charge < -0.3 is 30.2 Å². The summed E-state index contributed by atoms with van der Waals surface area (Å²) >= 11 is 0. The van der Waals surface area contributed by atoms with E-state index in [0.717, 1.165) is 22.0 Å². The Morgan fingerprint density at radius 1 is 0.971 bits per heavy atom. The zero-order valence-electron chi connectivity index (χ0n) is 20.0. The number of fused-ring (bicyclic) bond motifs is 1. The molecule has 0 saturated heterocycles. The van der Waals surface area contributed by atoms with Crippen molar-refractivity contribution in [3.8, 4) is 0 Å². The highest BCUT2D eigenvalue weighted by Crippen LogP contribution is 2.20. The topological polar surface area (TPSA) is 130 Å². The van der Waals surface area contributed by atoms with Crippen LogP contribution in [0, 0.1) is 0 Å². The number of aliphatic hydroxyl groups excluding tert-OH is 1. The largest absolute Gasteiger partial charge is 0.459 e. The van der Waals surface area contributed by atoms with E-state index in [1.165, 1.54) is 0 Å². The van der Waals surface area contributed by atoms with Crippen LogP contribution in [-0.2, 0) is 32.1 Å². The van der Waals surface area contributed by atoms with E-state index in [1.807, 2.05) is 54.6 Å². The molecular weight excluding hydrogens is 450 g/mol. The average Bonchev–Trinajstić information content (AvgIpc) is 3.23. The van der Waals surface area contributed by atoms with Crippen molar-refractivity contribution in [3.05, 3.63) is 71.9 Å². The molecule has 0 aliphatic carbocycles. The molecule has 2 unspecified atom stereocenters. The van der Waals surface area contributed by atoms with Crippen molar-refractivity contribution in [3.63, 3.8) is 0 Å². The molecule has 0 bridgehead atoms. The number of nitrogens with one attached hydrogen (secondary N) is 3. The van der Waals surface area contributed by atoms with Crippen LogP contribution in [0.15, 0.2) is 60.8 Å². The number of carbonyl (C=O) groups excluding carboxylic acids is 3. The van der Waals surface area contributed by atoms with Gasteiger partial charge in [-0.1, -0.05) is 48.5 Å². The van der Waals surface area contributed by atoms with E-state index < -0.39 is 42.3 Å². The number of aromatic amines is 1. The summed E-state index contributed by atoms with van der Waals surface area (Å²) in [6, 6.07) is 14.4. The molecule has 0 aliphatic rings. The number of alkyl carbamates (subject to hydrolysis) is 1. The molecule has 0 fully saturated rings. The minimum absolute atomic E-state index is 0.0412. The summed E-state index contributed by atoms with van der Waals surface area (Å²) in [5.41, 5.74) is 1.73. The molecule has 9 nitrogen and oxygen atoms in total. The number of aromatic nitrogens is 1. The van der Waals surface area contributed by atoms with E-state index in [1.54, 1.807) is 27.0 Å². The van der Waals surface area contributed by atoms with Crippen molar-refractivity contribution >= 4 is 28.9 Å². The Balaban J connectivity index is 1.75. The molecule has 0 aliphatic heterocycles. The molecule has 2 amide bonds. The first kappa shape index (κ1) is 25.8. The van der Waals surface area contributed by atoms with Crippen LogP contribution in [0.4, 0.5) is 4.79 Å². The Morgan fingerprint density at radius 2 is 1.66 bits per heavy atom. The van der Waals surface area contributed by atoms with Crippen molar-refractivity contribution in [1.82, 2.24) is 15.6 Å². The predicted octanol–water partition coefficient (Wildman–Crippen LogP) is 2.82. The number of H-pyrrole nitrogens is 1. The SMILES string of the molecule is CC(C)(C)OC(=O)NC(CO)C(=O)NC(Cc1c[nH]c2ccccc12)C(=O)OCc1ccccc1. The maximum absolute atomic E-state index is 13.0. The zero-order chi connectivity index (χ0) is 25.4. The van der Waals surface area contributed by atoms with Crippen molar-refractivity contribution in [2.75, 3.05) is 6.61 Å². The first-order valence-corrected chi connectivity index (χ1v) is 11.3. The summed E-state index contributed by atoms with van der Waals surface area (Å²) in [7, 11) is 0. The fourth-order valence-electron chi connectivity index (χ4n) is 3.46. The molecule has 2 aromatic carbocycles. The van der Waals surface area contributed by atoms with Gasteiger partial charge in [-0.3, -0.25) is 4.79 Å². The van der Waals surface area contributed by atoms with Crippen LogP contribution in [-0.4, -0.2) is 52.4 Å². The van der Waals surface area contributed by atoms with Gasteiger partial charge in [0.05, 0.1) is 6.61 Å². The quantitative estimate of drug-likeness (QED) is 0.348. The standard InChI is InChI=1S/C26H31N3O6/c1-26(2,3)35-25(33)29-22(15-30)23(31)28-21(24(32)34-16-17-9-5-4-6-10-17)13-18-14-27-20-12-8-7-11-19(18)20/h4-12,14,21-22,27,30H,13,15-16H2,1-3H3,(H,28,31)(H,29,33). The van der Waals surface area contributed by atoms with Crippen LogP contribution in [0.5, 0.6) is 0 Å². The van der Waals surface area contributed by atoms with Gasteiger partial charge in [-0.2, -0.15) is 0 Å². The average molecular weight is 482 g/mol. The lowest BCUT2D eigenvalue weighted by Crippen LogP contribution is -2.54. The van der Waals surface area contributed by atoms with E-state index in [4.69, 9.17) is 9.47 Å². The molecule has 3 rings (SSSR count). The fourth-order valence-corrected chi connectivity index (χ4v) is 3.46. The van der Waals surface area contributed by atoms with E-state index in [-0.39, 0.29) is 13.0 Å². The lowest BCUT2D eigenvalue weighted by Gasteiger charge is -2.24. The highest BCUT2D eigenvalue weighted by atomic mass is 16.6. The number of para-hydroxylation sites is 1. The second kappa shape index (κ2) is 11.5. The molecule has 4 N–H and O–H groups in total. The Hall–Kier alpha value is -3.85. The minimum atomic E-state index is -1.31. The van der Waals surface area contributed by atoms with Gasteiger partial charge in [0.1, 0.15) is 24.3 Å². The monoisotopic (exact) mass is 481 g/mol.